The number of benzene rings is 1. The summed E-state index contributed by atoms with van der Waals surface area (Å²) in [4.78, 5) is 15.4. The van der Waals surface area contributed by atoms with Gasteiger partial charge in [-0.1, -0.05) is 0 Å². The number of carbonyl (C=O) groups excluding carboxylic acids is 1. The minimum Gasteiger partial charge on any atom is -0.348 e. The molecule has 1 aliphatic carbocycles. The molecule has 0 bridgehead atoms. The van der Waals surface area contributed by atoms with Gasteiger partial charge in [-0.2, -0.15) is 5.10 Å². The molecule has 2 aliphatic rings. The molecule has 2 fully saturated rings. The predicted octanol–water partition coefficient (Wildman–Crippen LogP) is 2.98. The number of hydrogen-bond acceptors (Lipinski definition) is 3. The van der Waals surface area contributed by atoms with Crippen LogP contribution in [0.2, 0.25) is 0 Å². The maximum atomic E-state index is 13.2. The Morgan fingerprint density at radius 3 is 2.58 bits per heavy atom. The smallest absolute Gasteiger partial charge is 0.255 e. The molecule has 1 amide bonds. The molecule has 1 saturated carbocycles. The number of aromatic nitrogens is 2. The van der Waals surface area contributed by atoms with Gasteiger partial charge in [-0.05, 0) is 64.3 Å². The molecule has 4 rings (SSSR count). The molecule has 1 aromatic heterocycles. The van der Waals surface area contributed by atoms with E-state index in [1.165, 1.54) is 25.0 Å². The van der Waals surface area contributed by atoms with Crippen LogP contribution in [-0.4, -0.2) is 45.3 Å². The molecule has 1 aliphatic heterocycles. The van der Waals surface area contributed by atoms with Gasteiger partial charge in [0, 0.05) is 24.7 Å². The third kappa shape index (κ3) is 3.14. The van der Waals surface area contributed by atoms with Gasteiger partial charge in [-0.15, -0.1) is 0 Å². The van der Waals surface area contributed by atoms with Gasteiger partial charge in [0.25, 0.3) is 5.91 Å². The zero-order chi connectivity index (χ0) is 18.4. The van der Waals surface area contributed by atoms with Gasteiger partial charge in [0.2, 0.25) is 0 Å². The van der Waals surface area contributed by atoms with E-state index in [1.807, 2.05) is 13.8 Å². The van der Waals surface area contributed by atoms with Gasteiger partial charge < -0.3 is 5.32 Å². The fourth-order valence-corrected chi connectivity index (χ4v) is 4.14. The molecule has 1 aromatic carbocycles. The van der Waals surface area contributed by atoms with Crippen LogP contribution in [0.25, 0.3) is 5.69 Å². The number of aryl methyl sites for hydroxylation is 1. The Hall–Kier alpha value is -2.21. The van der Waals surface area contributed by atoms with Crippen LogP contribution in [0.5, 0.6) is 0 Å². The van der Waals surface area contributed by atoms with E-state index in [0.29, 0.717) is 17.3 Å². The highest BCUT2D eigenvalue weighted by atomic mass is 19.1. The summed E-state index contributed by atoms with van der Waals surface area (Å²) >= 11 is 0. The lowest BCUT2D eigenvalue weighted by molar-refractivity contribution is 0.0936. The fourth-order valence-electron chi connectivity index (χ4n) is 4.14. The van der Waals surface area contributed by atoms with Crippen LogP contribution in [0.3, 0.4) is 0 Å². The van der Waals surface area contributed by atoms with E-state index < -0.39 is 0 Å². The first-order chi connectivity index (χ1) is 12.4. The van der Waals surface area contributed by atoms with Gasteiger partial charge in [-0.3, -0.25) is 9.69 Å². The summed E-state index contributed by atoms with van der Waals surface area (Å²) < 4.78 is 14.9. The molecule has 1 N–H and O–H groups in total. The van der Waals surface area contributed by atoms with Gasteiger partial charge in [0.1, 0.15) is 5.82 Å². The number of nitrogens with zero attached hydrogens (tertiary/aromatic N) is 3. The lowest BCUT2D eigenvalue weighted by Crippen LogP contribution is -2.38. The van der Waals surface area contributed by atoms with Crippen LogP contribution in [-0.2, 0) is 0 Å². The maximum Gasteiger partial charge on any atom is 0.255 e. The van der Waals surface area contributed by atoms with Crippen LogP contribution in [0.1, 0.15) is 47.9 Å². The topological polar surface area (TPSA) is 50.2 Å². The second kappa shape index (κ2) is 6.50. The Labute approximate surface area is 153 Å². The van der Waals surface area contributed by atoms with Crippen LogP contribution in [0, 0.1) is 19.7 Å². The van der Waals surface area contributed by atoms with E-state index in [4.69, 9.17) is 0 Å². The number of halogens is 1. The molecular weight excluding hydrogens is 331 g/mol. The quantitative estimate of drug-likeness (QED) is 0.916. The average Bonchev–Trinajstić information content (AvgIpc) is 3.30. The molecule has 0 spiro atoms. The number of carbonyl (C=O) groups is 1. The largest absolute Gasteiger partial charge is 0.348 e. The summed E-state index contributed by atoms with van der Waals surface area (Å²) in [5.74, 6) is -0.355. The summed E-state index contributed by atoms with van der Waals surface area (Å²) in [6, 6.07) is 7.57. The number of rotatable bonds is 4. The van der Waals surface area contributed by atoms with Crippen LogP contribution in [0.4, 0.5) is 4.39 Å². The lowest BCUT2D eigenvalue weighted by Gasteiger charge is -2.19. The van der Waals surface area contributed by atoms with Crippen molar-refractivity contribution in [3.05, 3.63) is 47.0 Å². The minimum absolute atomic E-state index is 0.0665. The molecule has 26 heavy (non-hydrogen) atoms. The number of likely N-dealkylation sites (tertiary alicyclic amines) is 1. The lowest BCUT2D eigenvalue weighted by atomic mass is 10.1. The van der Waals surface area contributed by atoms with Crippen molar-refractivity contribution in [2.75, 3.05) is 6.54 Å². The van der Waals surface area contributed by atoms with Gasteiger partial charge >= 0.3 is 0 Å². The third-order valence-corrected chi connectivity index (χ3v) is 5.56. The Kier molecular flexibility index (Phi) is 4.31. The van der Waals surface area contributed by atoms with Gasteiger partial charge in [0.15, 0.2) is 0 Å². The number of amides is 1. The van der Waals surface area contributed by atoms with E-state index in [9.17, 15) is 9.18 Å². The Balaban J connectivity index is 1.52. The first-order valence-electron chi connectivity index (χ1n) is 9.33. The monoisotopic (exact) mass is 356 g/mol. The van der Waals surface area contributed by atoms with Crippen molar-refractivity contribution in [1.82, 2.24) is 20.0 Å². The summed E-state index contributed by atoms with van der Waals surface area (Å²) in [6.45, 7) is 6.90. The number of hydrogen-bond donors (Lipinski definition) is 1. The van der Waals surface area contributed by atoms with E-state index >= 15 is 0 Å². The van der Waals surface area contributed by atoms with Crippen LogP contribution < -0.4 is 5.32 Å². The van der Waals surface area contributed by atoms with Crippen molar-refractivity contribution < 1.29 is 9.18 Å². The fraction of sp³-hybridized carbons (Fsp3) is 0.500. The zero-order valence-corrected chi connectivity index (χ0v) is 15.5. The number of nitrogens with one attached hydrogen (secondary N) is 1. The highest BCUT2D eigenvalue weighted by Gasteiger charge is 2.39. The average molecular weight is 356 g/mol. The van der Waals surface area contributed by atoms with E-state index in [-0.39, 0.29) is 17.8 Å². The SMILES string of the molecule is Cc1nn(-c2ccc(F)cc2)c(C)c1C(=O)N[C@H]1C[C@@H](C)N(C2CC2)C1. The van der Waals surface area contributed by atoms with Crippen molar-refractivity contribution in [2.45, 2.75) is 58.2 Å². The van der Waals surface area contributed by atoms with E-state index in [0.717, 1.165) is 30.4 Å². The van der Waals surface area contributed by atoms with Crippen LogP contribution in [0.15, 0.2) is 24.3 Å². The Morgan fingerprint density at radius 2 is 1.92 bits per heavy atom. The molecular formula is C20H25FN4O. The zero-order valence-electron chi connectivity index (χ0n) is 15.5. The summed E-state index contributed by atoms with van der Waals surface area (Å²) in [5.41, 5.74) is 2.83. The van der Waals surface area contributed by atoms with Crippen molar-refractivity contribution in [3.63, 3.8) is 0 Å². The molecule has 2 aromatic rings. The van der Waals surface area contributed by atoms with Crippen molar-refractivity contribution in [2.24, 2.45) is 0 Å². The molecule has 2 atom stereocenters. The first-order valence-corrected chi connectivity index (χ1v) is 9.33. The van der Waals surface area contributed by atoms with E-state index in [2.05, 4.69) is 22.2 Å². The third-order valence-electron chi connectivity index (χ3n) is 5.56. The minimum atomic E-state index is -0.288. The molecule has 0 radical (unpaired) electrons. The van der Waals surface area contributed by atoms with Gasteiger partial charge in [0.05, 0.1) is 22.6 Å². The van der Waals surface area contributed by atoms with Crippen molar-refractivity contribution in [1.29, 1.82) is 0 Å². The first kappa shape index (κ1) is 17.2. The molecule has 0 unspecified atom stereocenters. The molecule has 1 saturated heterocycles. The second-order valence-corrected chi connectivity index (χ2v) is 7.62. The maximum absolute atomic E-state index is 13.2. The van der Waals surface area contributed by atoms with Gasteiger partial charge in [-0.25, -0.2) is 9.07 Å². The molecule has 138 valence electrons. The molecule has 2 heterocycles. The highest BCUT2D eigenvalue weighted by Crippen LogP contribution is 2.33. The summed E-state index contributed by atoms with van der Waals surface area (Å²) in [7, 11) is 0. The Morgan fingerprint density at radius 1 is 1.23 bits per heavy atom. The molecule has 6 heteroatoms. The van der Waals surface area contributed by atoms with Crippen LogP contribution >= 0.6 is 0 Å². The highest BCUT2D eigenvalue weighted by molar-refractivity contribution is 5.96. The van der Waals surface area contributed by atoms with Crippen molar-refractivity contribution in [3.8, 4) is 5.69 Å². The normalized spacial score (nSPS) is 23.4. The van der Waals surface area contributed by atoms with E-state index in [1.54, 1.807) is 16.8 Å². The summed E-state index contributed by atoms with van der Waals surface area (Å²) in [6.07, 6.45) is 3.56. The summed E-state index contributed by atoms with van der Waals surface area (Å²) in [5, 5.41) is 7.70. The standard InChI is InChI=1S/C20H25FN4O/c1-12-10-16(11-24(12)17-8-9-17)22-20(26)19-13(2)23-25(14(19)3)18-6-4-15(21)5-7-18/h4-7,12,16-17H,8-11H2,1-3H3,(H,22,26)/t12-,16+/m1/s1. The Bertz CT molecular complexity index is 825. The molecule has 5 nitrogen and oxygen atoms in total. The van der Waals surface area contributed by atoms with Crippen molar-refractivity contribution >= 4 is 5.91 Å². The predicted molar refractivity (Wildman–Crippen MR) is 98.1 cm³/mol. The second-order valence-electron chi connectivity index (χ2n) is 7.62.